The second-order valence-corrected chi connectivity index (χ2v) is 7.60. The van der Waals surface area contributed by atoms with Gasteiger partial charge in [-0.1, -0.05) is 12.8 Å². The summed E-state index contributed by atoms with van der Waals surface area (Å²) in [5.74, 6) is 0.997. The van der Waals surface area contributed by atoms with Crippen molar-refractivity contribution in [1.29, 1.82) is 0 Å². The van der Waals surface area contributed by atoms with Crippen LogP contribution in [0.5, 0.6) is 17.2 Å². The zero-order chi connectivity index (χ0) is 17.8. The molecule has 0 aliphatic carbocycles. The maximum atomic E-state index is 10.1. The molecule has 1 aliphatic heterocycles. The predicted molar refractivity (Wildman–Crippen MR) is 102 cm³/mol. The quantitative estimate of drug-likeness (QED) is 0.823. The van der Waals surface area contributed by atoms with Crippen molar-refractivity contribution in [3.8, 4) is 17.2 Å². The van der Waals surface area contributed by atoms with Gasteiger partial charge < -0.3 is 14.6 Å². The minimum Gasteiger partial charge on any atom is -0.502 e. The van der Waals surface area contributed by atoms with Gasteiger partial charge in [-0.15, -0.1) is 11.3 Å². The summed E-state index contributed by atoms with van der Waals surface area (Å²) in [6.07, 6.45) is 5.00. The Morgan fingerprint density at radius 3 is 2.48 bits per heavy atom. The summed E-state index contributed by atoms with van der Waals surface area (Å²) in [5, 5.41) is 12.3. The molecule has 0 unspecified atom stereocenters. The van der Waals surface area contributed by atoms with Crippen LogP contribution in [0.3, 0.4) is 0 Å². The highest BCUT2D eigenvalue weighted by Gasteiger charge is 2.25. The molecule has 1 atom stereocenters. The van der Waals surface area contributed by atoms with Gasteiger partial charge in [0.05, 0.1) is 14.2 Å². The molecule has 0 bridgehead atoms. The number of benzene rings is 1. The topological polar surface area (TPSA) is 41.9 Å². The van der Waals surface area contributed by atoms with E-state index in [-0.39, 0.29) is 5.75 Å². The van der Waals surface area contributed by atoms with E-state index in [0.717, 1.165) is 18.7 Å². The summed E-state index contributed by atoms with van der Waals surface area (Å²) in [6, 6.07) is 6.52. The van der Waals surface area contributed by atoms with Crippen molar-refractivity contribution < 1.29 is 14.6 Å². The number of likely N-dealkylation sites (tertiary alicyclic amines) is 1. The average Bonchev–Trinajstić information content (AvgIpc) is 2.91. The molecular formula is C20H27NO3S. The van der Waals surface area contributed by atoms with Crippen LogP contribution in [0.1, 0.15) is 47.7 Å². The van der Waals surface area contributed by atoms with Crippen LogP contribution in [0.4, 0.5) is 0 Å². The van der Waals surface area contributed by atoms with Crippen LogP contribution >= 0.6 is 11.3 Å². The maximum absolute atomic E-state index is 10.1. The number of nitrogens with zero attached hydrogens (tertiary/aromatic N) is 1. The van der Waals surface area contributed by atoms with Gasteiger partial charge in [-0.25, -0.2) is 0 Å². The number of aromatic hydroxyl groups is 1. The Kier molecular flexibility index (Phi) is 5.86. The van der Waals surface area contributed by atoms with Crippen molar-refractivity contribution in [2.24, 2.45) is 0 Å². The minimum absolute atomic E-state index is 0.0651. The van der Waals surface area contributed by atoms with Gasteiger partial charge >= 0.3 is 0 Å². The van der Waals surface area contributed by atoms with Crippen molar-refractivity contribution in [1.82, 2.24) is 4.90 Å². The zero-order valence-corrected chi connectivity index (χ0v) is 16.1. The van der Waals surface area contributed by atoms with E-state index in [0.29, 0.717) is 17.5 Å². The van der Waals surface area contributed by atoms with Crippen LogP contribution in [-0.2, 0) is 6.54 Å². The lowest BCUT2D eigenvalue weighted by molar-refractivity contribution is 0.194. The predicted octanol–water partition coefficient (Wildman–Crippen LogP) is 4.90. The van der Waals surface area contributed by atoms with Crippen molar-refractivity contribution in [2.75, 3.05) is 20.8 Å². The molecule has 1 aromatic carbocycles. The molecule has 0 spiro atoms. The van der Waals surface area contributed by atoms with E-state index >= 15 is 0 Å². The van der Waals surface area contributed by atoms with Crippen molar-refractivity contribution in [3.63, 3.8) is 0 Å². The number of phenolic OH excluding ortho intramolecular Hbond substituents is 1. The first-order chi connectivity index (χ1) is 12.1. The monoisotopic (exact) mass is 361 g/mol. The van der Waals surface area contributed by atoms with Gasteiger partial charge in [-0.05, 0) is 61.0 Å². The first-order valence-electron chi connectivity index (χ1n) is 8.86. The standard InChI is InChI=1S/C20H27NO3S/c1-14-8-10-25-20(14)16-7-5-4-6-9-21(16)13-15-11-17(23-2)19(22)18(12-15)24-3/h8,10-12,16,22H,4-7,9,13H2,1-3H3/t16-/m0/s1. The van der Waals surface area contributed by atoms with Gasteiger partial charge in [0.1, 0.15) is 0 Å². The molecule has 2 aromatic rings. The third kappa shape index (κ3) is 3.93. The Morgan fingerprint density at radius 1 is 1.16 bits per heavy atom. The number of hydrogen-bond acceptors (Lipinski definition) is 5. The maximum Gasteiger partial charge on any atom is 0.200 e. The number of rotatable bonds is 5. The molecule has 0 radical (unpaired) electrons. The van der Waals surface area contributed by atoms with E-state index < -0.39 is 0 Å². The molecule has 1 aromatic heterocycles. The summed E-state index contributed by atoms with van der Waals surface area (Å²) in [6.45, 7) is 4.13. The molecule has 2 heterocycles. The van der Waals surface area contributed by atoms with Gasteiger partial charge in [0.15, 0.2) is 11.5 Å². The molecule has 1 N–H and O–H groups in total. The highest BCUT2D eigenvalue weighted by Crippen LogP contribution is 2.40. The Balaban J connectivity index is 1.89. The van der Waals surface area contributed by atoms with Crippen LogP contribution in [0.2, 0.25) is 0 Å². The summed E-state index contributed by atoms with van der Waals surface area (Å²) < 4.78 is 10.6. The lowest BCUT2D eigenvalue weighted by Crippen LogP contribution is -2.28. The number of ether oxygens (including phenoxy) is 2. The Bertz CT molecular complexity index is 688. The number of thiophene rings is 1. The van der Waals surface area contributed by atoms with Crippen molar-refractivity contribution in [3.05, 3.63) is 39.6 Å². The Hall–Kier alpha value is -1.72. The molecule has 3 rings (SSSR count). The molecule has 0 amide bonds. The Morgan fingerprint density at radius 2 is 1.88 bits per heavy atom. The van der Waals surface area contributed by atoms with E-state index in [4.69, 9.17) is 9.47 Å². The second-order valence-electron chi connectivity index (χ2n) is 6.65. The van der Waals surface area contributed by atoms with Crippen LogP contribution in [0.15, 0.2) is 23.6 Å². The SMILES string of the molecule is COc1cc(CN2CCCCC[C@H]2c2sccc2C)cc(OC)c1O. The fraction of sp³-hybridized carbons (Fsp3) is 0.500. The first kappa shape index (κ1) is 18.1. The molecule has 1 saturated heterocycles. The highest BCUT2D eigenvalue weighted by atomic mass is 32.1. The lowest BCUT2D eigenvalue weighted by Gasteiger charge is -2.30. The molecular weight excluding hydrogens is 334 g/mol. The van der Waals surface area contributed by atoms with E-state index in [2.05, 4.69) is 23.3 Å². The molecule has 4 nitrogen and oxygen atoms in total. The van der Waals surface area contributed by atoms with Gasteiger partial charge in [0.2, 0.25) is 5.75 Å². The largest absolute Gasteiger partial charge is 0.502 e. The fourth-order valence-corrected chi connectivity index (χ4v) is 4.75. The number of hydrogen-bond donors (Lipinski definition) is 1. The van der Waals surface area contributed by atoms with Crippen molar-refractivity contribution >= 4 is 11.3 Å². The van der Waals surface area contributed by atoms with Crippen LogP contribution < -0.4 is 9.47 Å². The molecule has 136 valence electrons. The second kappa shape index (κ2) is 8.11. The summed E-state index contributed by atoms with van der Waals surface area (Å²) in [4.78, 5) is 4.05. The number of phenols is 1. The fourth-order valence-electron chi connectivity index (χ4n) is 3.65. The number of aryl methyl sites for hydroxylation is 1. The molecule has 1 aliphatic rings. The third-order valence-corrected chi connectivity index (χ3v) is 6.11. The molecule has 1 fully saturated rings. The van der Waals surface area contributed by atoms with Crippen LogP contribution in [0.25, 0.3) is 0 Å². The van der Waals surface area contributed by atoms with Gasteiger partial charge in [-0.2, -0.15) is 0 Å². The number of methoxy groups -OCH3 is 2. The summed E-state index contributed by atoms with van der Waals surface area (Å²) in [5.41, 5.74) is 2.50. The molecule has 5 heteroatoms. The van der Waals surface area contributed by atoms with E-state index in [1.807, 2.05) is 23.5 Å². The van der Waals surface area contributed by atoms with E-state index in [1.54, 1.807) is 14.2 Å². The van der Waals surface area contributed by atoms with E-state index in [9.17, 15) is 5.11 Å². The lowest BCUT2D eigenvalue weighted by atomic mass is 10.0. The third-order valence-electron chi connectivity index (χ3n) is 4.99. The molecule has 25 heavy (non-hydrogen) atoms. The normalized spacial score (nSPS) is 18.8. The summed E-state index contributed by atoms with van der Waals surface area (Å²) >= 11 is 1.87. The van der Waals surface area contributed by atoms with Gasteiger partial charge in [0.25, 0.3) is 0 Å². The van der Waals surface area contributed by atoms with Gasteiger partial charge in [-0.3, -0.25) is 4.90 Å². The average molecular weight is 362 g/mol. The highest BCUT2D eigenvalue weighted by molar-refractivity contribution is 7.10. The van der Waals surface area contributed by atoms with Gasteiger partial charge in [0, 0.05) is 17.5 Å². The minimum atomic E-state index is 0.0651. The molecule has 0 saturated carbocycles. The van der Waals surface area contributed by atoms with Crippen LogP contribution in [0, 0.1) is 6.92 Å². The van der Waals surface area contributed by atoms with Crippen molar-refractivity contribution in [2.45, 2.75) is 45.2 Å². The smallest absolute Gasteiger partial charge is 0.200 e. The zero-order valence-electron chi connectivity index (χ0n) is 15.2. The first-order valence-corrected chi connectivity index (χ1v) is 9.74. The van der Waals surface area contributed by atoms with E-state index in [1.165, 1.54) is 36.1 Å². The van der Waals surface area contributed by atoms with Crippen LogP contribution in [-0.4, -0.2) is 30.8 Å². The summed E-state index contributed by atoms with van der Waals surface area (Å²) in [7, 11) is 3.14. The Labute approximate surface area is 154 Å².